The average molecular weight is 334 g/mol. The van der Waals surface area contributed by atoms with E-state index in [4.69, 9.17) is 15.4 Å². The van der Waals surface area contributed by atoms with Gasteiger partial charge in [-0.3, -0.25) is 4.79 Å². The summed E-state index contributed by atoms with van der Waals surface area (Å²) >= 11 is 0. The Kier molecular flexibility index (Phi) is 7.14. The summed E-state index contributed by atoms with van der Waals surface area (Å²) in [6.45, 7) is 3.64. The predicted molar refractivity (Wildman–Crippen MR) is 81.9 cm³/mol. The van der Waals surface area contributed by atoms with E-state index in [1.165, 1.54) is 12.1 Å². The molecule has 0 aliphatic carbocycles. The smallest absolute Gasteiger partial charge is 0.261 e. The average Bonchev–Trinajstić information content (AvgIpc) is 2.44. The number of aryl methyl sites for hydroxylation is 1. The van der Waals surface area contributed by atoms with Gasteiger partial charge in [0, 0.05) is 37.3 Å². The lowest BCUT2D eigenvalue weighted by molar-refractivity contribution is -0.130. The molecule has 0 atom stereocenters. The van der Waals surface area contributed by atoms with E-state index < -0.39 is 9.05 Å². The highest BCUT2D eigenvalue weighted by molar-refractivity contribution is 8.13. The van der Waals surface area contributed by atoms with Crippen LogP contribution in [0, 0.1) is 0 Å². The van der Waals surface area contributed by atoms with Gasteiger partial charge in [-0.25, -0.2) is 8.42 Å². The molecule has 0 unspecified atom stereocenters. The zero-order chi connectivity index (χ0) is 15.9. The Morgan fingerprint density at radius 2 is 1.90 bits per heavy atom. The largest absolute Gasteiger partial charge is 0.380 e. The number of likely N-dealkylation sites (N-methyl/N-ethyl adjacent to an activating group) is 1. The number of benzene rings is 1. The molecule has 0 fully saturated rings. The van der Waals surface area contributed by atoms with Crippen molar-refractivity contribution in [3.63, 3.8) is 0 Å². The van der Waals surface area contributed by atoms with Gasteiger partial charge in [-0.1, -0.05) is 12.1 Å². The summed E-state index contributed by atoms with van der Waals surface area (Å²) in [6.07, 6.45) is 0.927. The van der Waals surface area contributed by atoms with Crippen molar-refractivity contribution in [1.82, 2.24) is 4.90 Å². The monoisotopic (exact) mass is 333 g/mol. The first-order valence-electron chi connectivity index (χ1n) is 6.70. The molecule has 7 heteroatoms. The van der Waals surface area contributed by atoms with Crippen molar-refractivity contribution >= 4 is 25.6 Å². The minimum atomic E-state index is -3.69. The molecule has 0 aliphatic heterocycles. The third-order valence-corrected chi connectivity index (χ3v) is 4.40. The van der Waals surface area contributed by atoms with Gasteiger partial charge in [-0.2, -0.15) is 0 Å². The van der Waals surface area contributed by atoms with Gasteiger partial charge in [0.1, 0.15) is 0 Å². The third-order valence-electron chi connectivity index (χ3n) is 3.03. The van der Waals surface area contributed by atoms with Crippen LogP contribution in [0.5, 0.6) is 0 Å². The number of amides is 1. The number of halogens is 1. The minimum absolute atomic E-state index is 0.0312. The fraction of sp³-hybridized carbons (Fsp3) is 0.500. The Balaban J connectivity index is 2.46. The normalized spacial score (nSPS) is 11.4. The molecule has 1 aromatic carbocycles. The molecule has 0 aliphatic rings. The Morgan fingerprint density at radius 3 is 2.43 bits per heavy atom. The molecule has 0 spiro atoms. The first-order chi connectivity index (χ1) is 9.84. The number of carbonyl (C=O) groups is 1. The van der Waals surface area contributed by atoms with Crippen LogP contribution in [-0.4, -0.2) is 46.0 Å². The van der Waals surface area contributed by atoms with Gasteiger partial charge in [0.05, 0.1) is 11.5 Å². The number of hydrogen-bond donors (Lipinski definition) is 0. The summed E-state index contributed by atoms with van der Waals surface area (Å²) in [7, 11) is 3.29. The molecule has 0 saturated carbocycles. The highest BCUT2D eigenvalue weighted by Crippen LogP contribution is 2.16. The molecule has 1 amide bonds. The minimum Gasteiger partial charge on any atom is -0.380 e. The standard InChI is InChI=1S/C14H20ClNO4S/c1-3-20-11-10-16(2)14(17)9-6-12-4-7-13(8-5-12)21(15,18)19/h4-5,7-8H,3,6,9-11H2,1-2H3. The van der Waals surface area contributed by atoms with Crippen LogP contribution in [0.3, 0.4) is 0 Å². The van der Waals surface area contributed by atoms with Gasteiger partial charge in [-0.05, 0) is 31.0 Å². The molecule has 21 heavy (non-hydrogen) atoms. The summed E-state index contributed by atoms with van der Waals surface area (Å²) in [5, 5.41) is 0. The van der Waals surface area contributed by atoms with E-state index in [1.807, 2.05) is 6.92 Å². The van der Waals surface area contributed by atoms with Crippen molar-refractivity contribution in [2.75, 3.05) is 26.8 Å². The topological polar surface area (TPSA) is 63.7 Å². The van der Waals surface area contributed by atoms with E-state index in [0.29, 0.717) is 32.6 Å². The third kappa shape index (κ3) is 6.46. The molecule has 0 radical (unpaired) electrons. The summed E-state index contributed by atoms with van der Waals surface area (Å²) in [5.74, 6) is 0.0312. The van der Waals surface area contributed by atoms with E-state index in [9.17, 15) is 13.2 Å². The van der Waals surface area contributed by atoms with Crippen LogP contribution < -0.4 is 0 Å². The number of nitrogens with zero attached hydrogens (tertiary/aromatic N) is 1. The Labute approximate surface area is 130 Å². The molecule has 118 valence electrons. The van der Waals surface area contributed by atoms with Crippen molar-refractivity contribution < 1.29 is 17.9 Å². The highest BCUT2D eigenvalue weighted by atomic mass is 35.7. The van der Waals surface area contributed by atoms with Crippen molar-refractivity contribution in [3.8, 4) is 0 Å². The first kappa shape index (κ1) is 17.9. The summed E-state index contributed by atoms with van der Waals surface area (Å²) in [6, 6.07) is 6.23. The van der Waals surface area contributed by atoms with Crippen LogP contribution in [0.2, 0.25) is 0 Å². The van der Waals surface area contributed by atoms with Crippen LogP contribution in [0.4, 0.5) is 0 Å². The summed E-state index contributed by atoms with van der Waals surface area (Å²) in [4.78, 5) is 13.6. The maximum atomic E-state index is 11.9. The molecule has 0 saturated heterocycles. The Bertz CT molecular complexity index is 557. The highest BCUT2D eigenvalue weighted by Gasteiger charge is 2.11. The Morgan fingerprint density at radius 1 is 1.29 bits per heavy atom. The second kappa shape index (κ2) is 8.36. The molecule has 0 N–H and O–H groups in total. The van der Waals surface area contributed by atoms with Gasteiger partial charge in [0.2, 0.25) is 5.91 Å². The van der Waals surface area contributed by atoms with Crippen LogP contribution in [0.15, 0.2) is 29.2 Å². The van der Waals surface area contributed by atoms with Crippen molar-refractivity contribution in [1.29, 1.82) is 0 Å². The SMILES string of the molecule is CCOCCN(C)C(=O)CCc1ccc(S(=O)(=O)Cl)cc1. The van der Waals surface area contributed by atoms with Crippen LogP contribution in [0.25, 0.3) is 0 Å². The fourth-order valence-electron chi connectivity index (χ4n) is 1.73. The van der Waals surface area contributed by atoms with Gasteiger partial charge >= 0.3 is 0 Å². The number of carbonyl (C=O) groups excluding carboxylic acids is 1. The van der Waals surface area contributed by atoms with Crippen LogP contribution in [-0.2, 0) is 25.0 Å². The lowest BCUT2D eigenvalue weighted by Crippen LogP contribution is -2.30. The molecular formula is C14H20ClNO4S. The molecule has 0 heterocycles. The molecule has 1 aromatic rings. The van der Waals surface area contributed by atoms with Crippen molar-refractivity contribution in [2.24, 2.45) is 0 Å². The van der Waals surface area contributed by atoms with Crippen molar-refractivity contribution in [3.05, 3.63) is 29.8 Å². The maximum Gasteiger partial charge on any atom is 0.261 e. The number of rotatable bonds is 8. The zero-order valence-electron chi connectivity index (χ0n) is 12.2. The second-order valence-electron chi connectivity index (χ2n) is 4.59. The molecule has 0 aromatic heterocycles. The lowest BCUT2D eigenvalue weighted by atomic mass is 10.1. The Hall–Kier alpha value is -1.11. The fourth-order valence-corrected chi connectivity index (χ4v) is 2.50. The van der Waals surface area contributed by atoms with E-state index in [1.54, 1.807) is 24.1 Å². The predicted octanol–water partition coefficient (Wildman–Crippen LogP) is 2.04. The van der Waals surface area contributed by atoms with Gasteiger partial charge < -0.3 is 9.64 Å². The molecule has 0 bridgehead atoms. The first-order valence-corrected chi connectivity index (χ1v) is 9.01. The van der Waals surface area contributed by atoms with Gasteiger partial charge in [0.15, 0.2) is 0 Å². The van der Waals surface area contributed by atoms with E-state index in [2.05, 4.69) is 0 Å². The van der Waals surface area contributed by atoms with E-state index in [-0.39, 0.29) is 10.8 Å². The van der Waals surface area contributed by atoms with Crippen LogP contribution in [0.1, 0.15) is 18.9 Å². The van der Waals surface area contributed by atoms with Gasteiger partial charge in [-0.15, -0.1) is 0 Å². The molecular weight excluding hydrogens is 314 g/mol. The zero-order valence-corrected chi connectivity index (χ0v) is 13.8. The number of ether oxygens (including phenoxy) is 1. The van der Waals surface area contributed by atoms with Gasteiger partial charge in [0.25, 0.3) is 9.05 Å². The molecule has 1 rings (SSSR count). The molecule has 5 nitrogen and oxygen atoms in total. The number of hydrogen-bond acceptors (Lipinski definition) is 4. The maximum absolute atomic E-state index is 11.9. The lowest BCUT2D eigenvalue weighted by Gasteiger charge is -2.16. The van der Waals surface area contributed by atoms with Crippen molar-refractivity contribution in [2.45, 2.75) is 24.7 Å². The van der Waals surface area contributed by atoms with E-state index in [0.717, 1.165) is 5.56 Å². The quantitative estimate of drug-likeness (QED) is 0.539. The van der Waals surface area contributed by atoms with Crippen LogP contribution >= 0.6 is 10.7 Å². The van der Waals surface area contributed by atoms with E-state index >= 15 is 0 Å². The summed E-state index contributed by atoms with van der Waals surface area (Å²) < 4.78 is 27.4. The summed E-state index contributed by atoms with van der Waals surface area (Å²) in [5.41, 5.74) is 0.894. The second-order valence-corrected chi connectivity index (χ2v) is 7.16.